The predicted octanol–water partition coefficient (Wildman–Crippen LogP) is 7.04. The molecule has 204 valence electrons. The number of rotatable bonds is 6. The van der Waals surface area contributed by atoms with E-state index in [4.69, 9.17) is 62.6 Å². The van der Waals surface area contributed by atoms with E-state index in [2.05, 4.69) is 56.5 Å². The summed E-state index contributed by atoms with van der Waals surface area (Å²) in [6.07, 6.45) is 0. The Labute approximate surface area is 240 Å². The lowest BCUT2D eigenvalue weighted by Gasteiger charge is -2.36. The fraction of sp³-hybridized carbons (Fsp3) is 0.833. The van der Waals surface area contributed by atoms with Crippen molar-refractivity contribution < 1.29 is 27.1 Å². The van der Waals surface area contributed by atoms with Gasteiger partial charge in [-0.2, -0.15) is 15.0 Å². The highest BCUT2D eigenvalue weighted by molar-refractivity contribution is 8.68. The second-order valence-electron chi connectivity index (χ2n) is 10.9. The molecule has 0 unspecified atom stereocenters. The molecule has 3 aliphatic rings. The minimum atomic E-state index is -2.69. The SMILES string of the molecule is CC1(C)COP(=S)(Sc2nc(SP3(=S)OCC(C)(C)CO3)nc(SP3(=S)OCC(C)(C)CO3)n2)OC1. The van der Waals surface area contributed by atoms with E-state index >= 15 is 0 Å². The molecule has 18 heteroatoms. The van der Waals surface area contributed by atoms with Gasteiger partial charge < -0.3 is 27.1 Å². The van der Waals surface area contributed by atoms with E-state index in [0.29, 0.717) is 55.1 Å². The van der Waals surface area contributed by atoms with Crippen molar-refractivity contribution in [2.75, 3.05) is 39.6 Å². The van der Waals surface area contributed by atoms with Gasteiger partial charge in [-0.05, 0) is 35.4 Å². The lowest BCUT2D eigenvalue weighted by molar-refractivity contribution is 0.0671. The highest BCUT2D eigenvalue weighted by Crippen LogP contribution is 2.70. The Morgan fingerprint density at radius 2 is 0.694 bits per heavy atom. The second kappa shape index (κ2) is 11.2. The van der Waals surface area contributed by atoms with Crippen LogP contribution in [0.15, 0.2) is 15.5 Å². The van der Waals surface area contributed by atoms with Crippen molar-refractivity contribution in [2.24, 2.45) is 16.2 Å². The van der Waals surface area contributed by atoms with Gasteiger partial charge in [-0.1, -0.05) is 41.5 Å². The second-order valence-corrected chi connectivity index (χ2v) is 29.2. The molecule has 4 heterocycles. The van der Waals surface area contributed by atoms with Gasteiger partial charge in [0.2, 0.25) is 15.5 Å². The summed E-state index contributed by atoms with van der Waals surface area (Å²) in [6.45, 7) is 15.4. The molecule has 1 aromatic rings. The van der Waals surface area contributed by atoms with Gasteiger partial charge in [-0.15, -0.1) is 0 Å². The van der Waals surface area contributed by atoms with Crippen molar-refractivity contribution >= 4 is 86.6 Å². The van der Waals surface area contributed by atoms with Crippen LogP contribution in [0.4, 0.5) is 0 Å². The van der Waals surface area contributed by atoms with E-state index in [0.717, 1.165) is 0 Å². The molecule has 9 nitrogen and oxygen atoms in total. The van der Waals surface area contributed by atoms with Gasteiger partial charge in [-0.25, -0.2) is 0 Å². The molecule has 0 aliphatic carbocycles. The van der Waals surface area contributed by atoms with Crippen LogP contribution in [0.3, 0.4) is 0 Å². The molecule has 0 atom stereocenters. The Bertz CT molecular complexity index is 963. The van der Waals surface area contributed by atoms with Crippen LogP contribution >= 0.6 is 51.2 Å². The Hall–Kier alpha value is 1.77. The number of nitrogens with zero attached hydrogens (tertiary/aromatic N) is 3. The number of hydrogen-bond acceptors (Lipinski definition) is 15. The molecule has 3 aliphatic heterocycles. The molecule has 0 amide bonds. The third-order valence-electron chi connectivity index (χ3n) is 4.83. The molecule has 0 N–H and O–H groups in total. The summed E-state index contributed by atoms with van der Waals surface area (Å²) in [5.74, 6) is 0. The van der Waals surface area contributed by atoms with Crippen LogP contribution in [-0.2, 0) is 62.6 Å². The van der Waals surface area contributed by atoms with Crippen molar-refractivity contribution in [3.05, 3.63) is 0 Å². The van der Waals surface area contributed by atoms with Crippen molar-refractivity contribution in [1.29, 1.82) is 0 Å². The Morgan fingerprint density at radius 3 is 0.889 bits per heavy atom. The van der Waals surface area contributed by atoms with Crippen molar-refractivity contribution in [3.63, 3.8) is 0 Å². The van der Waals surface area contributed by atoms with E-state index in [1.54, 1.807) is 0 Å². The van der Waals surface area contributed by atoms with Crippen LogP contribution in [-0.4, -0.2) is 54.6 Å². The minimum Gasteiger partial charge on any atom is -0.321 e. The van der Waals surface area contributed by atoms with Crippen molar-refractivity contribution in [3.8, 4) is 0 Å². The first-order chi connectivity index (χ1) is 16.5. The van der Waals surface area contributed by atoms with Gasteiger partial charge in [0.1, 0.15) is 0 Å². The molecule has 0 aromatic carbocycles. The van der Waals surface area contributed by atoms with Crippen molar-refractivity contribution in [2.45, 2.75) is 57.0 Å². The third kappa shape index (κ3) is 8.63. The topological polar surface area (TPSA) is 94.1 Å². The van der Waals surface area contributed by atoms with Crippen LogP contribution in [0.1, 0.15) is 41.5 Å². The average Bonchev–Trinajstić information content (AvgIpc) is 2.76. The standard InChI is InChI=1S/C18H30N3O6P3S6/c1-16(2)7-22-28(31,23-8-16)34-13-19-14(35-29(32)24-9-17(3,4)10-25-29)21-15(20-13)36-30(33)26-11-18(5,6)12-27-30/h7-12H2,1-6H3. The van der Waals surface area contributed by atoms with E-state index in [9.17, 15) is 0 Å². The molecule has 0 saturated carbocycles. The Morgan fingerprint density at radius 1 is 0.500 bits per heavy atom. The first-order valence-corrected chi connectivity index (χ1v) is 23.2. The highest BCUT2D eigenvalue weighted by atomic mass is 32.9. The molecule has 3 saturated heterocycles. The quantitative estimate of drug-likeness (QED) is 0.290. The molecule has 1 aromatic heterocycles. The zero-order valence-electron chi connectivity index (χ0n) is 20.8. The number of aromatic nitrogens is 3. The van der Waals surface area contributed by atoms with Gasteiger partial charge in [-0.3, -0.25) is 0 Å². The molecule has 4 rings (SSSR count). The molecule has 0 spiro atoms. The first kappa shape index (κ1) is 30.7. The number of hydrogen-bond donors (Lipinski definition) is 0. The van der Waals surface area contributed by atoms with Crippen LogP contribution in [0.25, 0.3) is 0 Å². The van der Waals surface area contributed by atoms with Gasteiger partial charge in [0.15, 0.2) is 0 Å². The largest absolute Gasteiger partial charge is 0.321 e. The molecular weight excluding hydrogens is 640 g/mol. The van der Waals surface area contributed by atoms with Gasteiger partial charge in [0.05, 0.1) is 39.6 Å². The summed E-state index contributed by atoms with van der Waals surface area (Å²) in [7, 11) is 0. The predicted molar refractivity (Wildman–Crippen MR) is 157 cm³/mol. The lowest BCUT2D eigenvalue weighted by Crippen LogP contribution is -2.28. The minimum absolute atomic E-state index is 0.102. The summed E-state index contributed by atoms with van der Waals surface area (Å²) < 4.78 is 35.9. The Kier molecular flexibility index (Phi) is 9.57. The van der Waals surface area contributed by atoms with E-state index in [-0.39, 0.29) is 16.2 Å². The molecule has 0 bridgehead atoms. The molecule has 36 heavy (non-hydrogen) atoms. The van der Waals surface area contributed by atoms with Crippen molar-refractivity contribution in [1.82, 2.24) is 15.0 Å². The van der Waals surface area contributed by atoms with Crippen LogP contribution in [0.2, 0.25) is 0 Å². The zero-order chi connectivity index (χ0) is 26.5. The summed E-state index contributed by atoms with van der Waals surface area (Å²) in [4.78, 5) is 13.8. The maximum absolute atomic E-state index is 5.98. The monoisotopic (exact) mass is 669 g/mol. The smallest absolute Gasteiger partial charge is 0.255 e. The zero-order valence-corrected chi connectivity index (χ0v) is 28.4. The van der Waals surface area contributed by atoms with E-state index in [1.165, 1.54) is 34.1 Å². The summed E-state index contributed by atoms with van der Waals surface area (Å²) in [5.41, 5.74) is -8.37. The lowest BCUT2D eigenvalue weighted by atomic mass is 9.97. The fourth-order valence-corrected chi connectivity index (χ4v) is 15.0. The Balaban J connectivity index is 1.58. The molecule has 3 fully saturated rings. The van der Waals surface area contributed by atoms with Gasteiger partial charge >= 0.3 is 0 Å². The average molecular weight is 670 g/mol. The van der Waals surface area contributed by atoms with Crippen LogP contribution < -0.4 is 0 Å². The van der Waals surface area contributed by atoms with Crippen LogP contribution in [0, 0.1) is 16.2 Å². The summed E-state index contributed by atoms with van der Waals surface area (Å²) in [5, 5.41) is 1.11. The molecular formula is C18H30N3O6P3S6. The fourth-order valence-electron chi connectivity index (χ4n) is 2.66. The summed E-state index contributed by atoms with van der Waals surface area (Å²) >= 11 is 20.8. The van der Waals surface area contributed by atoms with Gasteiger partial charge in [0.25, 0.3) is 17.1 Å². The highest BCUT2D eigenvalue weighted by Gasteiger charge is 2.39. The molecule has 0 radical (unpaired) electrons. The normalized spacial score (nSPS) is 27.8. The maximum atomic E-state index is 5.98. The first-order valence-electron chi connectivity index (χ1n) is 11.0. The third-order valence-corrected chi connectivity index (χ3v) is 18.5. The van der Waals surface area contributed by atoms with Crippen LogP contribution in [0.5, 0.6) is 0 Å². The maximum Gasteiger partial charge on any atom is 0.255 e. The van der Waals surface area contributed by atoms with E-state index < -0.39 is 17.1 Å². The summed E-state index contributed by atoms with van der Waals surface area (Å²) in [6, 6.07) is 0. The van der Waals surface area contributed by atoms with E-state index in [1.807, 2.05) is 0 Å². The van der Waals surface area contributed by atoms with Gasteiger partial charge in [0, 0.05) is 50.4 Å².